The summed E-state index contributed by atoms with van der Waals surface area (Å²) in [5, 5.41) is 0. The van der Waals surface area contributed by atoms with Crippen LogP contribution >= 0.6 is 0 Å². The zero-order valence-corrected chi connectivity index (χ0v) is 15.0. The monoisotopic (exact) mass is 316 g/mol. The van der Waals surface area contributed by atoms with Crippen LogP contribution in [-0.2, 0) is 9.53 Å². The van der Waals surface area contributed by atoms with E-state index in [0.29, 0.717) is 13.0 Å². The quantitative estimate of drug-likeness (QED) is 0.257. The van der Waals surface area contributed by atoms with Crippen LogP contribution in [0.4, 0.5) is 0 Å². The predicted octanol–water partition coefficient (Wildman–Crippen LogP) is 5.42. The highest BCUT2D eigenvalue weighted by Gasteiger charge is 2.02. The minimum absolute atomic E-state index is 0.0457. The van der Waals surface area contributed by atoms with Crippen LogP contribution in [0.15, 0.2) is 12.2 Å². The van der Waals surface area contributed by atoms with Gasteiger partial charge < -0.3 is 4.74 Å². The summed E-state index contributed by atoms with van der Waals surface area (Å²) < 4.78 is 5.24. The van der Waals surface area contributed by atoms with E-state index in [9.17, 15) is 4.79 Å². The molecule has 0 rings (SSSR count). The van der Waals surface area contributed by atoms with Crippen LogP contribution in [0.5, 0.6) is 0 Å². The van der Waals surface area contributed by atoms with Crippen molar-refractivity contribution in [2.24, 2.45) is 0 Å². The first-order chi connectivity index (χ1) is 11.3. The van der Waals surface area contributed by atoms with E-state index in [1.807, 2.05) is 19.9 Å². The summed E-state index contributed by atoms with van der Waals surface area (Å²) in [6, 6.07) is 0. The van der Waals surface area contributed by atoms with Crippen molar-refractivity contribution in [1.82, 2.24) is 0 Å². The fourth-order valence-corrected chi connectivity index (χ4v) is 2.16. The van der Waals surface area contributed by atoms with Crippen LogP contribution in [-0.4, -0.2) is 12.6 Å². The van der Waals surface area contributed by atoms with Crippen LogP contribution in [0.3, 0.4) is 0 Å². The Bertz CT molecular complexity index is 426. The van der Waals surface area contributed by atoms with Gasteiger partial charge in [-0.25, -0.2) is 0 Å². The van der Waals surface area contributed by atoms with E-state index < -0.39 is 0 Å². The van der Waals surface area contributed by atoms with Gasteiger partial charge in [-0.2, -0.15) is 0 Å². The number of allylic oxidation sites excluding steroid dienone is 2. The van der Waals surface area contributed by atoms with E-state index in [1.165, 1.54) is 25.7 Å². The molecule has 0 aromatic heterocycles. The lowest BCUT2D eigenvalue weighted by Gasteiger charge is -2.04. The highest BCUT2D eigenvalue weighted by Crippen LogP contribution is 2.09. The van der Waals surface area contributed by atoms with E-state index in [-0.39, 0.29) is 5.97 Å². The number of esters is 1. The number of unbranched alkanes of at least 4 members (excludes halogenated alkanes) is 8. The van der Waals surface area contributed by atoms with Gasteiger partial charge in [0.05, 0.1) is 6.61 Å². The van der Waals surface area contributed by atoms with Gasteiger partial charge in [0.15, 0.2) is 0 Å². The Kier molecular flexibility index (Phi) is 17.0. The van der Waals surface area contributed by atoms with Crippen LogP contribution in [0.1, 0.15) is 84.5 Å². The molecule has 23 heavy (non-hydrogen) atoms. The van der Waals surface area contributed by atoms with Crippen LogP contribution < -0.4 is 0 Å². The lowest BCUT2D eigenvalue weighted by atomic mass is 10.1. The van der Waals surface area contributed by atoms with Crippen LogP contribution in [0.2, 0.25) is 0 Å². The van der Waals surface area contributed by atoms with Gasteiger partial charge in [-0.1, -0.05) is 37.7 Å². The van der Waals surface area contributed by atoms with Crippen molar-refractivity contribution in [3.63, 3.8) is 0 Å². The summed E-state index contributed by atoms with van der Waals surface area (Å²) in [6.07, 6.45) is 15.5. The Morgan fingerprint density at radius 3 is 2.39 bits per heavy atom. The van der Waals surface area contributed by atoms with E-state index >= 15 is 0 Å². The Labute approximate surface area is 143 Å². The average Bonchev–Trinajstić information content (AvgIpc) is 2.56. The molecule has 0 aliphatic heterocycles. The largest absolute Gasteiger partial charge is 0.466 e. The third-order valence-corrected chi connectivity index (χ3v) is 3.48. The maximum atomic E-state index is 11.6. The van der Waals surface area contributed by atoms with E-state index in [1.54, 1.807) is 0 Å². The Morgan fingerprint density at radius 2 is 1.65 bits per heavy atom. The van der Waals surface area contributed by atoms with Crippen molar-refractivity contribution in [3.8, 4) is 23.7 Å². The highest BCUT2D eigenvalue weighted by molar-refractivity contribution is 5.69. The van der Waals surface area contributed by atoms with E-state index in [4.69, 9.17) is 4.74 Å². The van der Waals surface area contributed by atoms with Crippen molar-refractivity contribution in [3.05, 3.63) is 12.2 Å². The molecule has 0 amide bonds. The van der Waals surface area contributed by atoms with Crippen molar-refractivity contribution in [2.45, 2.75) is 84.5 Å². The van der Waals surface area contributed by atoms with Crippen LogP contribution in [0.25, 0.3) is 0 Å². The molecule has 128 valence electrons. The summed E-state index contributed by atoms with van der Waals surface area (Å²) in [6.45, 7) is 4.26. The second-order valence-electron chi connectivity index (χ2n) is 5.56. The molecule has 0 bridgehead atoms. The number of carbonyl (C=O) groups is 1. The van der Waals surface area contributed by atoms with Gasteiger partial charge in [0, 0.05) is 12.8 Å². The minimum Gasteiger partial charge on any atom is -0.466 e. The first kappa shape index (κ1) is 21.3. The number of rotatable bonds is 13. The summed E-state index contributed by atoms with van der Waals surface area (Å²) in [7, 11) is 0. The third kappa shape index (κ3) is 18.3. The molecule has 0 aromatic rings. The number of hydrogen-bond donors (Lipinski definition) is 0. The number of carbonyl (C=O) groups excluding carboxylic acids is 1. The molecule has 0 aliphatic carbocycles. The molecule has 0 radical (unpaired) electrons. The summed E-state index contributed by atoms with van der Waals surface area (Å²) in [5.74, 6) is 11.7. The Balaban J connectivity index is 3.27. The lowest BCUT2D eigenvalue weighted by molar-refractivity contribution is -0.143. The second-order valence-corrected chi connectivity index (χ2v) is 5.56. The molecule has 0 heterocycles. The predicted molar refractivity (Wildman–Crippen MR) is 97.8 cm³/mol. The van der Waals surface area contributed by atoms with Crippen LogP contribution in [0, 0.1) is 23.7 Å². The Morgan fingerprint density at radius 1 is 0.913 bits per heavy atom. The van der Waals surface area contributed by atoms with Gasteiger partial charge >= 0.3 is 5.97 Å². The van der Waals surface area contributed by atoms with E-state index in [0.717, 1.165) is 38.5 Å². The van der Waals surface area contributed by atoms with Gasteiger partial charge in [0.25, 0.3) is 0 Å². The summed E-state index contributed by atoms with van der Waals surface area (Å²) >= 11 is 0. The van der Waals surface area contributed by atoms with Crippen molar-refractivity contribution >= 4 is 5.97 Å². The van der Waals surface area contributed by atoms with Crippen molar-refractivity contribution in [1.29, 1.82) is 0 Å². The zero-order valence-electron chi connectivity index (χ0n) is 15.0. The van der Waals surface area contributed by atoms with Crippen molar-refractivity contribution < 1.29 is 9.53 Å². The zero-order chi connectivity index (χ0) is 17.0. The van der Waals surface area contributed by atoms with Gasteiger partial charge in [-0.05, 0) is 52.0 Å². The van der Waals surface area contributed by atoms with Gasteiger partial charge in [0.2, 0.25) is 0 Å². The molecule has 0 aliphatic rings. The average molecular weight is 316 g/mol. The minimum atomic E-state index is -0.0457. The fourth-order valence-electron chi connectivity index (χ4n) is 2.16. The molecule has 0 saturated carbocycles. The molecule has 0 unspecified atom stereocenters. The summed E-state index contributed by atoms with van der Waals surface area (Å²) in [4.78, 5) is 11.6. The van der Waals surface area contributed by atoms with Gasteiger partial charge in [-0.15, -0.1) is 17.8 Å². The molecule has 0 atom stereocenters. The number of hydrogen-bond acceptors (Lipinski definition) is 2. The second kappa shape index (κ2) is 18.4. The van der Waals surface area contributed by atoms with E-state index in [2.05, 4.69) is 29.8 Å². The molecule has 2 nitrogen and oxygen atoms in total. The summed E-state index contributed by atoms with van der Waals surface area (Å²) in [5.41, 5.74) is 0. The topological polar surface area (TPSA) is 26.3 Å². The highest BCUT2D eigenvalue weighted by atomic mass is 16.5. The standard InChI is InChI=1S/C21H32O2/c1-3-5-7-9-11-12-13-15-17-19-21(22)23-20-18-16-14-10-8-6-4-2/h8,10H,7,9,11-20H2,1-2H3/b10-8+. The normalized spacial score (nSPS) is 9.83. The molecule has 0 N–H and O–H groups in total. The number of ether oxygens (including phenoxy) is 1. The molecule has 2 heteroatoms. The molecular weight excluding hydrogens is 284 g/mol. The molecule has 0 spiro atoms. The smallest absolute Gasteiger partial charge is 0.305 e. The maximum Gasteiger partial charge on any atom is 0.305 e. The third-order valence-electron chi connectivity index (χ3n) is 3.48. The van der Waals surface area contributed by atoms with Gasteiger partial charge in [0.1, 0.15) is 0 Å². The molecule has 0 saturated heterocycles. The first-order valence-electron chi connectivity index (χ1n) is 8.93. The first-order valence-corrected chi connectivity index (χ1v) is 8.93. The molecule has 0 aromatic carbocycles. The molecular formula is C21H32O2. The van der Waals surface area contributed by atoms with Crippen molar-refractivity contribution in [2.75, 3.05) is 6.61 Å². The Hall–Kier alpha value is -1.67. The maximum absolute atomic E-state index is 11.6. The lowest BCUT2D eigenvalue weighted by Crippen LogP contribution is -2.05. The van der Waals surface area contributed by atoms with Gasteiger partial charge in [-0.3, -0.25) is 4.79 Å². The SMILES string of the molecule is CC#C/C=C/CCCCOC(=O)CCCCCCCCC#CC. The fraction of sp³-hybridized carbons (Fsp3) is 0.667. The molecule has 0 fully saturated rings.